The molecule has 0 saturated carbocycles. The minimum atomic E-state index is -3.90. The van der Waals surface area contributed by atoms with E-state index in [1.165, 1.54) is 11.1 Å². The molecule has 0 saturated heterocycles. The summed E-state index contributed by atoms with van der Waals surface area (Å²) >= 11 is 0. The molecule has 0 aliphatic rings. The first-order valence-corrected chi connectivity index (χ1v) is 8.73. The Morgan fingerprint density at radius 3 is 2.40 bits per heavy atom. The second kappa shape index (κ2) is 6.72. The Labute approximate surface area is 123 Å². The monoisotopic (exact) mass is 298 g/mol. The molecule has 1 N–H and O–H groups in total. The zero-order valence-corrected chi connectivity index (χ0v) is 13.7. The number of benzene rings is 1. The van der Waals surface area contributed by atoms with Crippen LogP contribution in [0.5, 0.6) is 0 Å². The number of hydrogen-bond acceptors (Lipinski definition) is 2. The molecule has 0 bridgehead atoms. The standard InChI is InChI=1S/C16H26O3S/c1-5-16(3,4)15-12-7-6-10-14(15)11-8-9-13(2)20(17,18)19/h6-7,10,12-13H,5,8-9,11H2,1-4H3,(H,17,18,19). The normalized spacial score (nSPS) is 14.2. The van der Waals surface area contributed by atoms with Crippen molar-refractivity contribution in [2.24, 2.45) is 0 Å². The summed E-state index contributed by atoms with van der Waals surface area (Å²) in [7, 11) is -3.90. The molecule has 1 aromatic carbocycles. The third-order valence-electron chi connectivity index (χ3n) is 4.20. The molecule has 0 heterocycles. The molecule has 0 radical (unpaired) electrons. The fraction of sp³-hybridized carbons (Fsp3) is 0.625. The summed E-state index contributed by atoms with van der Waals surface area (Å²) in [6.45, 7) is 8.19. The van der Waals surface area contributed by atoms with E-state index in [1.807, 2.05) is 6.07 Å². The molecule has 0 fully saturated rings. The molecule has 114 valence electrons. The van der Waals surface area contributed by atoms with Gasteiger partial charge in [-0.2, -0.15) is 8.42 Å². The second-order valence-electron chi connectivity index (χ2n) is 6.11. The van der Waals surface area contributed by atoms with Gasteiger partial charge >= 0.3 is 0 Å². The zero-order valence-electron chi connectivity index (χ0n) is 12.9. The van der Waals surface area contributed by atoms with Crippen molar-refractivity contribution in [1.82, 2.24) is 0 Å². The SMILES string of the molecule is CCC(C)(C)c1ccccc1CCCC(C)S(=O)(=O)O. The van der Waals surface area contributed by atoms with Crippen LogP contribution in [-0.4, -0.2) is 18.2 Å². The van der Waals surface area contributed by atoms with Crippen LogP contribution in [0, 0.1) is 0 Å². The number of aryl methyl sites for hydroxylation is 1. The van der Waals surface area contributed by atoms with E-state index in [9.17, 15) is 8.42 Å². The van der Waals surface area contributed by atoms with Gasteiger partial charge in [0.2, 0.25) is 0 Å². The molecule has 4 heteroatoms. The minimum Gasteiger partial charge on any atom is -0.285 e. The Bertz CT molecular complexity index is 532. The lowest BCUT2D eigenvalue weighted by Gasteiger charge is -2.26. The van der Waals surface area contributed by atoms with Crippen molar-refractivity contribution in [3.05, 3.63) is 35.4 Å². The lowest BCUT2D eigenvalue weighted by molar-refractivity contribution is 0.463. The Hall–Kier alpha value is -0.870. The van der Waals surface area contributed by atoms with Crippen molar-refractivity contribution in [3.63, 3.8) is 0 Å². The van der Waals surface area contributed by atoms with E-state index < -0.39 is 15.4 Å². The predicted octanol–water partition coefficient (Wildman–Crippen LogP) is 3.97. The van der Waals surface area contributed by atoms with Gasteiger partial charge in [0.1, 0.15) is 0 Å². The molecule has 20 heavy (non-hydrogen) atoms. The summed E-state index contributed by atoms with van der Waals surface area (Å²) in [6.07, 6.45) is 3.16. The van der Waals surface area contributed by atoms with Crippen LogP contribution >= 0.6 is 0 Å². The van der Waals surface area contributed by atoms with E-state index in [-0.39, 0.29) is 5.41 Å². The smallest absolute Gasteiger partial charge is 0.267 e. The Morgan fingerprint density at radius 2 is 1.85 bits per heavy atom. The van der Waals surface area contributed by atoms with Crippen LogP contribution in [0.2, 0.25) is 0 Å². The van der Waals surface area contributed by atoms with Crippen LogP contribution in [-0.2, 0) is 22.0 Å². The van der Waals surface area contributed by atoms with Crippen molar-refractivity contribution in [1.29, 1.82) is 0 Å². The molecule has 0 aliphatic carbocycles. The highest BCUT2D eigenvalue weighted by atomic mass is 32.2. The topological polar surface area (TPSA) is 54.4 Å². The highest BCUT2D eigenvalue weighted by Gasteiger charge is 2.21. The van der Waals surface area contributed by atoms with E-state index in [1.54, 1.807) is 6.92 Å². The summed E-state index contributed by atoms with van der Waals surface area (Å²) in [6, 6.07) is 8.35. The molecule has 0 amide bonds. The quantitative estimate of drug-likeness (QED) is 0.775. The number of hydrogen-bond donors (Lipinski definition) is 1. The molecule has 1 rings (SSSR count). The first kappa shape index (κ1) is 17.2. The summed E-state index contributed by atoms with van der Waals surface area (Å²) in [5.41, 5.74) is 2.74. The van der Waals surface area contributed by atoms with E-state index >= 15 is 0 Å². The maximum Gasteiger partial charge on any atom is 0.267 e. The molecule has 1 aromatic rings. The second-order valence-corrected chi connectivity index (χ2v) is 7.95. The highest BCUT2D eigenvalue weighted by Crippen LogP contribution is 2.30. The average Bonchev–Trinajstić information content (AvgIpc) is 2.38. The highest BCUT2D eigenvalue weighted by molar-refractivity contribution is 7.86. The van der Waals surface area contributed by atoms with Gasteiger partial charge in [0.25, 0.3) is 10.1 Å². The van der Waals surface area contributed by atoms with Crippen molar-refractivity contribution < 1.29 is 13.0 Å². The van der Waals surface area contributed by atoms with Crippen LogP contribution in [0.3, 0.4) is 0 Å². The fourth-order valence-electron chi connectivity index (χ4n) is 2.32. The van der Waals surface area contributed by atoms with Crippen LogP contribution < -0.4 is 0 Å². The van der Waals surface area contributed by atoms with Crippen molar-refractivity contribution in [3.8, 4) is 0 Å². The van der Waals surface area contributed by atoms with Gasteiger partial charge < -0.3 is 0 Å². The van der Waals surface area contributed by atoms with Crippen molar-refractivity contribution in [2.75, 3.05) is 0 Å². The zero-order chi connectivity index (χ0) is 15.4. The van der Waals surface area contributed by atoms with Crippen LogP contribution in [0.1, 0.15) is 58.1 Å². The Balaban J connectivity index is 2.75. The van der Waals surface area contributed by atoms with Crippen LogP contribution in [0.4, 0.5) is 0 Å². The third kappa shape index (κ3) is 4.60. The molecular weight excluding hydrogens is 272 g/mol. The van der Waals surface area contributed by atoms with Crippen LogP contribution in [0.15, 0.2) is 24.3 Å². The van der Waals surface area contributed by atoms with Gasteiger partial charge in [-0.05, 0) is 49.1 Å². The fourth-order valence-corrected chi connectivity index (χ4v) is 2.78. The first-order valence-electron chi connectivity index (χ1n) is 7.23. The molecule has 1 atom stereocenters. The van der Waals surface area contributed by atoms with Gasteiger partial charge in [-0.15, -0.1) is 0 Å². The van der Waals surface area contributed by atoms with E-state index in [0.29, 0.717) is 6.42 Å². The van der Waals surface area contributed by atoms with E-state index in [0.717, 1.165) is 19.3 Å². The maximum atomic E-state index is 11.0. The Morgan fingerprint density at radius 1 is 1.25 bits per heavy atom. The predicted molar refractivity (Wildman–Crippen MR) is 83.7 cm³/mol. The third-order valence-corrected chi connectivity index (χ3v) is 5.45. The van der Waals surface area contributed by atoms with Crippen molar-refractivity contribution in [2.45, 2.75) is 64.0 Å². The van der Waals surface area contributed by atoms with Gasteiger partial charge in [-0.25, -0.2) is 0 Å². The van der Waals surface area contributed by atoms with Gasteiger partial charge in [-0.1, -0.05) is 45.0 Å². The van der Waals surface area contributed by atoms with E-state index in [4.69, 9.17) is 4.55 Å². The van der Waals surface area contributed by atoms with Gasteiger partial charge in [0.05, 0.1) is 5.25 Å². The largest absolute Gasteiger partial charge is 0.285 e. The van der Waals surface area contributed by atoms with E-state index in [2.05, 4.69) is 39.0 Å². The number of rotatable bonds is 7. The van der Waals surface area contributed by atoms with Crippen LogP contribution in [0.25, 0.3) is 0 Å². The van der Waals surface area contributed by atoms with Gasteiger partial charge in [0.15, 0.2) is 0 Å². The molecule has 0 aromatic heterocycles. The minimum absolute atomic E-state index is 0.130. The van der Waals surface area contributed by atoms with Crippen molar-refractivity contribution >= 4 is 10.1 Å². The molecule has 0 aliphatic heterocycles. The first-order chi connectivity index (χ1) is 9.18. The summed E-state index contributed by atoms with van der Waals surface area (Å²) in [4.78, 5) is 0. The maximum absolute atomic E-state index is 11.0. The Kier molecular flexibility index (Phi) is 5.78. The summed E-state index contributed by atoms with van der Waals surface area (Å²) < 4.78 is 31.0. The lowest BCUT2D eigenvalue weighted by Crippen LogP contribution is -2.19. The van der Waals surface area contributed by atoms with Gasteiger partial charge in [-0.3, -0.25) is 4.55 Å². The molecule has 0 spiro atoms. The molecular formula is C16H26O3S. The van der Waals surface area contributed by atoms with Gasteiger partial charge in [0, 0.05) is 0 Å². The summed E-state index contributed by atoms with van der Waals surface area (Å²) in [5.74, 6) is 0. The molecule has 1 unspecified atom stereocenters. The average molecular weight is 298 g/mol. The summed E-state index contributed by atoms with van der Waals surface area (Å²) in [5, 5.41) is -0.686. The molecule has 3 nitrogen and oxygen atoms in total. The lowest BCUT2D eigenvalue weighted by atomic mass is 9.79.